The van der Waals surface area contributed by atoms with Crippen LogP contribution in [0.2, 0.25) is 0 Å². The molecule has 0 aliphatic carbocycles. The monoisotopic (exact) mass is 433 g/mol. The van der Waals surface area contributed by atoms with E-state index in [0.29, 0.717) is 28.1 Å². The maximum absolute atomic E-state index is 11.8. The van der Waals surface area contributed by atoms with Crippen LogP contribution in [0, 0.1) is 30.9 Å². The van der Waals surface area contributed by atoms with Crippen LogP contribution in [-0.2, 0) is 0 Å². The summed E-state index contributed by atoms with van der Waals surface area (Å²) in [5.74, 6) is 1.19. The summed E-state index contributed by atoms with van der Waals surface area (Å²) in [7, 11) is 1.56. The summed E-state index contributed by atoms with van der Waals surface area (Å²) < 4.78 is 11.0. The van der Waals surface area contributed by atoms with Crippen molar-refractivity contribution in [1.82, 2.24) is 15.1 Å². The molecule has 0 fully saturated rings. The molecule has 0 radical (unpaired) electrons. The molecule has 0 aliphatic rings. The van der Waals surface area contributed by atoms with Crippen LogP contribution in [0.1, 0.15) is 35.8 Å². The molecular weight excluding hydrogens is 410 g/mol. The number of nitro groups is 1. The molecule has 0 saturated heterocycles. The number of rotatable bonds is 6. The van der Waals surface area contributed by atoms with Gasteiger partial charge >= 0.3 is 5.69 Å². The van der Waals surface area contributed by atoms with Crippen LogP contribution in [0.5, 0.6) is 5.75 Å². The van der Waals surface area contributed by atoms with Gasteiger partial charge in [-0.2, -0.15) is 0 Å². The average Bonchev–Trinajstić information content (AvgIpc) is 3.10. The van der Waals surface area contributed by atoms with Gasteiger partial charge in [-0.25, -0.2) is 4.98 Å². The number of methoxy groups -OCH3 is 1. The largest absolute Gasteiger partial charge is 0.496 e. The molecule has 4 rings (SSSR count). The van der Waals surface area contributed by atoms with E-state index in [1.807, 2.05) is 52.0 Å². The quantitative estimate of drug-likeness (QED) is 0.322. The van der Waals surface area contributed by atoms with Crippen molar-refractivity contribution in [1.29, 1.82) is 0 Å². The molecule has 1 aromatic carbocycles. The van der Waals surface area contributed by atoms with Crippen molar-refractivity contribution in [3.05, 3.63) is 69.5 Å². The standard InChI is InChI=1S/C23H23N5O4/c1-12-7-6-8-18(25-12)13(2)26-23-16-10-21(31-5)17(22-14(3)27-32-15(22)4)9-19(16)24-11-20(23)28(29)30/h6-11,13H,1-5H3,(H,24,26)/t13-/m1/s1. The highest BCUT2D eigenvalue weighted by Crippen LogP contribution is 2.41. The van der Waals surface area contributed by atoms with Gasteiger partial charge in [0.05, 0.1) is 40.5 Å². The van der Waals surface area contributed by atoms with E-state index in [-0.39, 0.29) is 11.7 Å². The van der Waals surface area contributed by atoms with Gasteiger partial charge in [-0.3, -0.25) is 15.1 Å². The fourth-order valence-electron chi connectivity index (χ4n) is 3.83. The molecule has 32 heavy (non-hydrogen) atoms. The van der Waals surface area contributed by atoms with Gasteiger partial charge in [-0.05, 0) is 52.0 Å². The van der Waals surface area contributed by atoms with Gasteiger partial charge in [0.1, 0.15) is 23.4 Å². The van der Waals surface area contributed by atoms with Crippen molar-refractivity contribution >= 4 is 22.3 Å². The molecule has 0 bridgehead atoms. The summed E-state index contributed by atoms with van der Waals surface area (Å²) in [4.78, 5) is 20.2. The third-order valence-corrected chi connectivity index (χ3v) is 5.38. The number of anilines is 1. The minimum atomic E-state index is -0.445. The molecule has 3 heterocycles. The van der Waals surface area contributed by atoms with E-state index in [0.717, 1.165) is 28.2 Å². The van der Waals surface area contributed by atoms with E-state index in [2.05, 4.69) is 20.4 Å². The molecule has 4 aromatic rings. The first-order chi connectivity index (χ1) is 15.3. The number of fused-ring (bicyclic) bond motifs is 1. The Balaban J connectivity index is 1.90. The summed E-state index contributed by atoms with van der Waals surface area (Å²) in [5, 5.41) is 19.7. The molecule has 0 amide bonds. The molecule has 9 heteroatoms. The highest BCUT2D eigenvalue weighted by atomic mass is 16.6. The summed E-state index contributed by atoms with van der Waals surface area (Å²) in [5.41, 5.74) is 4.77. The maximum atomic E-state index is 11.8. The highest BCUT2D eigenvalue weighted by molar-refractivity contribution is 6.00. The van der Waals surface area contributed by atoms with Crippen LogP contribution in [0.3, 0.4) is 0 Å². The number of hydrogen-bond donors (Lipinski definition) is 1. The number of nitrogens with zero attached hydrogens (tertiary/aromatic N) is 4. The lowest BCUT2D eigenvalue weighted by Gasteiger charge is -2.18. The van der Waals surface area contributed by atoms with E-state index >= 15 is 0 Å². The van der Waals surface area contributed by atoms with Gasteiger partial charge in [-0.1, -0.05) is 11.2 Å². The SMILES string of the molecule is COc1cc2c(N[C@H](C)c3cccc(C)n3)c([N+](=O)[O-])cnc2cc1-c1c(C)noc1C. The average molecular weight is 433 g/mol. The number of aryl methyl sites for hydroxylation is 3. The molecule has 0 aliphatic heterocycles. The molecule has 9 nitrogen and oxygen atoms in total. The maximum Gasteiger partial charge on any atom is 0.311 e. The number of pyridine rings is 2. The first-order valence-electron chi connectivity index (χ1n) is 10.1. The second-order valence-corrected chi connectivity index (χ2v) is 7.61. The van der Waals surface area contributed by atoms with Crippen LogP contribution < -0.4 is 10.1 Å². The van der Waals surface area contributed by atoms with Crippen molar-refractivity contribution < 1.29 is 14.2 Å². The number of benzene rings is 1. The molecule has 1 atom stereocenters. The van der Waals surface area contributed by atoms with Crippen LogP contribution in [-0.4, -0.2) is 27.2 Å². The molecule has 0 spiro atoms. The lowest BCUT2D eigenvalue weighted by Crippen LogP contribution is -2.11. The Kier molecular flexibility index (Phi) is 5.48. The molecule has 0 saturated carbocycles. The Morgan fingerprint density at radius 1 is 1.22 bits per heavy atom. The van der Waals surface area contributed by atoms with Gasteiger partial charge in [0.15, 0.2) is 0 Å². The van der Waals surface area contributed by atoms with E-state index in [4.69, 9.17) is 9.26 Å². The summed E-state index contributed by atoms with van der Waals surface area (Å²) in [6.07, 6.45) is 1.27. The summed E-state index contributed by atoms with van der Waals surface area (Å²) in [6.45, 7) is 7.49. The number of ether oxygens (including phenoxy) is 1. The number of hydrogen-bond acceptors (Lipinski definition) is 8. The Bertz CT molecular complexity index is 1310. The minimum Gasteiger partial charge on any atom is -0.496 e. The van der Waals surface area contributed by atoms with Crippen molar-refractivity contribution in [2.45, 2.75) is 33.7 Å². The van der Waals surface area contributed by atoms with Gasteiger partial charge in [0, 0.05) is 16.6 Å². The normalized spacial score (nSPS) is 12.0. The van der Waals surface area contributed by atoms with E-state index in [1.54, 1.807) is 13.2 Å². The lowest BCUT2D eigenvalue weighted by atomic mass is 9.99. The molecular formula is C23H23N5O4. The van der Waals surface area contributed by atoms with Crippen molar-refractivity contribution in [2.75, 3.05) is 12.4 Å². The van der Waals surface area contributed by atoms with Crippen LogP contribution in [0.4, 0.5) is 11.4 Å². The summed E-state index contributed by atoms with van der Waals surface area (Å²) in [6, 6.07) is 9.03. The Morgan fingerprint density at radius 2 is 2.00 bits per heavy atom. The third-order valence-electron chi connectivity index (χ3n) is 5.38. The second-order valence-electron chi connectivity index (χ2n) is 7.61. The highest BCUT2D eigenvalue weighted by Gasteiger charge is 2.24. The van der Waals surface area contributed by atoms with E-state index < -0.39 is 4.92 Å². The zero-order valence-corrected chi connectivity index (χ0v) is 18.5. The van der Waals surface area contributed by atoms with Gasteiger partial charge in [-0.15, -0.1) is 0 Å². The second kappa shape index (κ2) is 8.26. The van der Waals surface area contributed by atoms with E-state index in [1.165, 1.54) is 6.20 Å². The third kappa shape index (κ3) is 3.73. The van der Waals surface area contributed by atoms with Gasteiger partial charge in [0.2, 0.25) is 0 Å². The molecule has 0 unspecified atom stereocenters. The van der Waals surface area contributed by atoms with Crippen molar-refractivity contribution in [3.8, 4) is 16.9 Å². The molecule has 3 aromatic heterocycles. The predicted molar refractivity (Wildman–Crippen MR) is 121 cm³/mol. The fraction of sp³-hybridized carbons (Fsp3) is 0.261. The van der Waals surface area contributed by atoms with Crippen LogP contribution >= 0.6 is 0 Å². The smallest absolute Gasteiger partial charge is 0.311 e. The molecule has 1 N–H and O–H groups in total. The minimum absolute atomic E-state index is 0.121. The Morgan fingerprint density at radius 3 is 2.62 bits per heavy atom. The zero-order valence-electron chi connectivity index (χ0n) is 18.5. The van der Waals surface area contributed by atoms with Crippen molar-refractivity contribution in [3.63, 3.8) is 0 Å². The fourth-order valence-corrected chi connectivity index (χ4v) is 3.83. The molecule has 164 valence electrons. The topological polar surface area (TPSA) is 116 Å². The Labute approximate surface area is 184 Å². The first kappa shape index (κ1) is 21.2. The number of nitrogens with one attached hydrogen (secondary N) is 1. The van der Waals surface area contributed by atoms with Gasteiger partial charge in [0.25, 0.3) is 0 Å². The Hall–Kier alpha value is -4.01. The predicted octanol–water partition coefficient (Wildman–Crippen LogP) is 5.30. The van der Waals surface area contributed by atoms with Crippen LogP contribution in [0.25, 0.3) is 22.0 Å². The lowest BCUT2D eigenvalue weighted by molar-refractivity contribution is -0.384. The summed E-state index contributed by atoms with van der Waals surface area (Å²) >= 11 is 0. The van der Waals surface area contributed by atoms with Crippen molar-refractivity contribution in [2.24, 2.45) is 0 Å². The van der Waals surface area contributed by atoms with E-state index in [9.17, 15) is 10.1 Å². The van der Waals surface area contributed by atoms with Gasteiger partial charge < -0.3 is 14.6 Å². The van der Waals surface area contributed by atoms with Crippen LogP contribution in [0.15, 0.2) is 41.1 Å². The zero-order chi connectivity index (χ0) is 23.0. The number of aromatic nitrogens is 3. The first-order valence-corrected chi connectivity index (χ1v) is 10.1.